The topological polar surface area (TPSA) is 73.3 Å². The second-order valence-corrected chi connectivity index (χ2v) is 8.41. The molecular formula is C25H34Cl3N5O2. The van der Waals surface area contributed by atoms with E-state index in [9.17, 15) is 0 Å². The van der Waals surface area contributed by atoms with Gasteiger partial charge in [0.2, 0.25) is 11.8 Å². The fourth-order valence-electron chi connectivity index (χ4n) is 3.77. The van der Waals surface area contributed by atoms with Crippen LogP contribution in [-0.4, -0.2) is 51.5 Å². The number of nitrogens with zero attached hydrogens (tertiary/aromatic N) is 5. The molecule has 10 heteroatoms. The predicted molar refractivity (Wildman–Crippen MR) is 146 cm³/mol. The van der Waals surface area contributed by atoms with Gasteiger partial charge in [0.25, 0.3) is 0 Å². The summed E-state index contributed by atoms with van der Waals surface area (Å²) in [6, 6.07) is 13.7. The maximum absolute atomic E-state index is 6.20. The van der Waals surface area contributed by atoms with E-state index in [0.717, 1.165) is 67.7 Å². The van der Waals surface area contributed by atoms with Crippen molar-refractivity contribution in [1.29, 1.82) is 0 Å². The maximum atomic E-state index is 6.20. The molecule has 0 atom stereocenters. The van der Waals surface area contributed by atoms with Crippen LogP contribution in [0.1, 0.15) is 44.0 Å². The zero-order valence-electron chi connectivity index (χ0n) is 20.3. The molecule has 3 heterocycles. The Kier molecular flexibility index (Phi) is 13.3. The molecule has 1 aliphatic rings. The molecule has 0 saturated carbocycles. The lowest BCUT2D eigenvalue weighted by Crippen LogP contribution is -2.35. The SMILES string of the molecule is CCCCc1nnc(OC2CCN(C)CC2)cc1-c1ccc(Oc2ccc(C)nn2)cc1.Cl.Cl.Cl. The van der Waals surface area contributed by atoms with Crippen molar-refractivity contribution < 1.29 is 9.47 Å². The Bertz CT molecular complexity index is 1010. The van der Waals surface area contributed by atoms with Gasteiger partial charge in [-0.25, -0.2) is 0 Å². The van der Waals surface area contributed by atoms with Crippen LogP contribution >= 0.6 is 37.2 Å². The Morgan fingerprint density at radius 1 is 0.886 bits per heavy atom. The normalized spacial score (nSPS) is 13.7. The molecule has 35 heavy (non-hydrogen) atoms. The quantitative estimate of drug-likeness (QED) is 0.340. The first-order chi connectivity index (χ1) is 15.6. The highest BCUT2D eigenvalue weighted by Crippen LogP contribution is 2.30. The van der Waals surface area contributed by atoms with Crippen LogP contribution in [-0.2, 0) is 6.42 Å². The van der Waals surface area contributed by atoms with E-state index in [1.807, 2.05) is 49.4 Å². The molecule has 1 aliphatic heterocycles. The summed E-state index contributed by atoms with van der Waals surface area (Å²) in [4.78, 5) is 2.33. The van der Waals surface area contributed by atoms with Gasteiger partial charge in [-0.1, -0.05) is 25.5 Å². The molecule has 0 spiro atoms. The molecular weight excluding hydrogens is 509 g/mol. The highest BCUT2D eigenvalue weighted by Gasteiger charge is 2.19. The molecule has 0 amide bonds. The molecule has 0 aliphatic carbocycles. The van der Waals surface area contributed by atoms with Crippen LogP contribution in [0, 0.1) is 6.92 Å². The number of unbranched alkanes of at least 4 members (excludes halogenated alkanes) is 1. The van der Waals surface area contributed by atoms with E-state index in [1.165, 1.54) is 0 Å². The third kappa shape index (κ3) is 8.76. The average Bonchev–Trinajstić information content (AvgIpc) is 2.82. The Hall–Kier alpha value is -2.19. The molecule has 0 bridgehead atoms. The monoisotopic (exact) mass is 541 g/mol. The van der Waals surface area contributed by atoms with Gasteiger partial charge in [-0.05, 0) is 63.4 Å². The first kappa shape index (κ1) is 30.8. The number of ether oxygens (including phenoxy) is 2. The third-order valence-corrected chi connectivity index (χ3v) is 5.73. The molecule has 3 aromatic rings. The molecule has 1 saturated heterocycles. The number of aromatic nitrogens is 4. The third-order valence-electron chi connectivity index (χ3n) is 5.73. The lowest BCUT2D eigenvalue weighted by molar-refractivity contribution is 0.109. The van der Waals surface area contributed by atoms with Gasteiger partial charge in [-0.3, -0.25) is 0 Å². The summed E-state index contributed by atoms with van der Waals surface area (Å²) in [6.45, 7) is 6.18. The summed E-state index contributed by atoms with van der Waals surface area (Å²) in [6.07, 6.45) is 5.30. The Morgan fingerprint density at radius 3 is 2.20 bits per heavy atom. The maximum Gasteiger partial charge on any atom is 0.238 e. The average molecular weight is 543 g/mol. The van der Waals surface area contributed by atoms with E-state index in [4.69, 9.17) is 9.47 Å². The number of halogens is 3. The molecule has 0 N–H and O–H groups in total. The van der Waals surface area contributed by atoms with Crippen molar-refractivity contribution in [1.82, 2.24) is 25.3 Å². The molecule has 0 unspecified atom stereocenters. The van der Waals surface area contributed by atoms with Crippen LogP contribution in [0.5, 0.6) is 17.5 Å². The summed E-state index contributed by atoms with van der Waals surface area (Å²) >= 11 is 0. The standard InChI is InChI=1S/C25H31N5O2.3ClH/c1-4-5-6-23-22(17-25(29-27-23)32-21-13-15-30(3)16-14-21)19-8-10-20(11-9-19)31-24-12-7-18(2)26-28-24;;;/h7-12,17,21H,4-6,13-16H2,1-3H3;3*1H. The fourth-order valence-corrected chi connectivity index (χ4v) is 3.77. The summed E-state index contributed by atoms with van der Waals surface area (Å²) < 4.78 is 12.0. The van der Waals surface area contributed by atoms with Crippen LogP contribution in [0.15, 0.2) is 42.5 Å². The molecule has 4 rings (SSSR count). The second kappa shape index (κ2) is 15.0. The first-order valence-electron chi connectivity index (χ1n) is 11.4. The summed E-state index contributed by atoms with van der Waals surface area (Å²) in [5.74, 6) is 1.79. The Labute approximate surface area is 226 Å². The molecule has 2 aromatic heterocycles. The van der Waals surface area contributed by atoms with E-state index in [1.54, 1.807) is 0 Å². The summed E-state index contributed by atoms with van der Waals surface area (Å²) in [7, 11) is 2.15. The second-order valence-electron chi connectivity index (χ2n) is 8.41. The smallest absolute Gasteiger partial charge is 0.238 e. The van der Waals surface area contributed by atoms with Crippen molar-refractivity contribution in [2.45, 2.75) is 52.1 Å². The van der Waals surface area contributed by atoms with Gasteiger partial charge in [-0.15, -0.1) is 47.4 Å². The van der Waals surface area contributed by atoms with Gasteiger partial charge in [0, 0.05) is 30.8 Å². The number of piperidine rings is 1. The van der Waals surface area contributed by atoms with Crippen LogP contribution in [0.2, 0.25) is 0 Å². The number of hydrogen-bond donors (Lipinski definition) is 0. The highest BCUT2D eigenvalue weighted by molar-refractivity contribution is 5.86. The van der Waals surface area contributed by atoms with E-state index >= 15 is 0 Å². The summed E-state index contributed by atoms with van der Waals surface area (Å²) in [5, 5.41) is 17.0. The van der Waals surface area contributed by atoms with Crippen molar-refractivity contribution >= 4 is 37.2 Å². The minimum absolute atomic E-state index is 0. The van der Waals surface area contributed by atoms with Crippen LogP contribution in [0.25, 0.3) is 11.1 Å². The minimum atomic E-state index is 0. The molecule has 192 valence electrons. The van der Waals surface area contributed by atoms with Crippen molar-refractivity contribution in [3.05, 3.63) is 53.9 Å². The number of likely N-dealkylation sites (tertiary alicyclic amines) is 1. The minimum Gasteiger partial charge on any atom is -0.473 e. The lowest BCUT2D eigenvalue weighted by Gasteiger charge is -2.28. The van der Waals surface area contributed by atoms with Gasteiger partial charge in [0.15, 0.2) is 0 Å². The van der Waals surface area contributed by atoms with Gasteiger partial charge >= 0.3 is 0 Å². The molecule has 1 fully saturated rings. The zero-order valence-corrected chi connectivity index (χ0v) is 22.8. The van der Waals surface area contributed by atoms with Crippen molar-refractivity contribution in [3.63, 3.8) is 0 Å². The van der Waals surface area contributed by atoms with Crippen LogP contribution < -0.4 is 9.47 Å². The molecule has 1 aromatic carbocycles. The number of benzene rings is 1. The molecule has 0 radical (unpaired) electrons. The van der Waals surface area contributed by atoms with Crippen molar-refractivity contribution in [2.75, 3.05) is 20.1 Å². The predicted octanol–water partition coefficient (Wildman–Crippen LogP) is 6.12. The summed E-state index contributed by atoms with van der Waals surface area (Å²) in [5.41, 5.74) is 4.00. The van der Waals surface area contributed by atoms with E-state index in [0.29, 0.717) is 17.5 Å². The van der Waals surface area contributed by atoms with E-state index in [-0.39, 0.29) is 43.3 Å². The van der Waals surface area contributed by atoms with E-state index < -0.39 is 0 Å². The van der Waals surface area contributed by atoms with Gasteiger partial charge in [0.05, 0.1) is 11.4 Å². The first-order valence-corrected chi connectivity index (χ1v) is 11.4. The lowest BCUT2D eigenvalue weighted by atomic mass is 10.0. The van der Waals surface area contributed by atoms with Crippen molar-refractivity contribution in [2.24, 2.45) is 0 Å². The molecule has 7 nitrogen and oxygen atoms in total. The number of rotatable bonds is 8. The largest absolute Gasteiger partial charge is 0.473 e. The highest BCUT2D eigenvalue weighted by atomic mass is 35.5. The number of hydrogen-bond acceptors (Lipinski definition) is 7. The van der Waals surface area contributed by atoms with Gasteiger partial charge < -0.3 is 14.4 Å². The van der Waals surface area contributed by atoms with Crippen molar-refractivity contribution in [3.8, 4) is 28.6 Å². The Morgan fingerprint density at radius 2 is 1.57 bits per heavy atom. The fraction of sp³-hybridized carbons (Fsp3) is 0.440. The zero-order chi connectivity index (χ0) is 22.3. The Balaban J connectivity index is 0.00000204. The van der Waals surface area contributed by atoms with Gasteiger partial charge in [0.1, 0.15) is 11.9 Å². The van der Waals surface area contributed by atoms with Crippen LogP contribution in [0.4, 0.5) is 0 Å². The van der Waals surface area contributed by atoms with Crippen LogP contribution in [0.3, 0.4) is 0 Å². The van der Waals surface area contributed by atoms with Gasteiger partial charge in [-0.2, -0.15) is 10.2 Å². The number of aryl methyl sites for hydroxylation is 2. The van der Waals surface area contributed by atoms with E-state index in [2.05, 4.69) is 39.3 Å².